The van der Waals surface area contributed by atoms with Crippen LogP contribution in [0.3, 0.4) is 0 Å². The molecule has 1 aliphatic rings. The van der Waals surface area contributed by atoms with E-state index in [9.17, 15) is 4.79 Å². The predicted molar refractivity (Wildman–Crippen MR) is 81.7 cm³/mol. The van der Waals surface area contributed by atoms with Gasteiger partial charge in [0.15, 0.2) is 0 Å². The van der Waals surface area contributed by atoms with Crippen LogP contribution in [0.25, 0.3) is 0 Å². The van der Waals surface area contributed by atoms with Crippen LogP contribution in [0.1, 0.15) is 40.5 Å². The van der Waals surface area contributed by atoms with Gasteiger partial charge in [-0.15, -0.1) is 0 Å². The van der Waals surface area contributed by atoms with E-state index in [0.717, 1.165) is 25.6 Å². The van der Waals surface area contributed by atoms with Gasteiger partial charge < -0.3 is 20.6 Å². The molecule has 5 heteroatoms. The Morgan fingerprint density at radius 3 is 2.65 bits per heavy atom. The number of aliphatic hydroxyl groups excluding tert-OH is 1. The van der Waals surface area contributed by atoms with Crippen LogP contribution in [0.5, 0.6) is 0 Å². The first-order valence-corrected chi connectivity index (χ1v) is 7.82. The van der Waals surface area contributed by atoms with Gasteiger partial charge in [0, 0.05) is 31.8 Å². The lowest BCUT2D eigenvalue weighted by molar-refractivity contribution is 0.167. The highest BCUT2D eigenvalue weighted by molar-refractivity contribution is 5.74. The fourth-order valence-corrected chi connectivity index (χ4v) is 2.66. The van der Waals surface area contributed by atoms with Crippen LogP contribution in [0.4, 0.5) is 4.79 Å². The first-order chi connectivity index (χ1) is 9.42. The van der Waals surface area contributed by atoms with Crippen molar-refractivity contribution in [2.75, 3.05) is 26.2 Å². The minimum Gasteiger partial charge on any atom is -0.396 e. The smallest absolute Gasteiger partial charge is 0.315 e. The van der Waals surface area contributed by atoms with Gasteiger partial charge in [-0.25, -0.2) is 4.79 Å². The molecule has 1 fully saturated rings. The van der Waals surface area contributed by atoms with Crippen molar-refractivity contribution in [3.05, 3.63) is 0 Å². The van der Waals surface area contributed by atoms with E-state index in [-0.39, 0.29) is 30.6 Å². The van der Waals surface area contributed by atoms with Gasteiger partial charge in [0.25, 0.3) is 0 Å². The van der Waals surface area contributed by atoms with Crippen LogP contribution in [-0.2, 0) is 0 Å². The molecule has 2 amide bonds. The lowest BCUT2D eigenvalue weighted by Crippen LogP contribution is -2.50. The zero-order valence-corrected chi connectivity index (χ0v) is 13.4. The molecule has 0 aromatic carbocycles. The van der Waals surface area contributed by atoms with Crippen LogP contribution < -0.4 is 10.6 Å². The molecule has 0 bridgehead atoms. The molecule has 0 radical (unpaired) electrons. The molecule has 0 spiro atoms. The molecule has 0 saturated carbocycles. The van der Waals surface area contributed by atoms with Crippen molar-refractivity contribution >= 4 is 6.03 Å². The number of carbonyl (C=O) groups is 1. The topological polar surface area (TPSA) is 64.6 Å². The van der Waals surface area contributed by atoms with Crippen LogP contribution in [-0.4, -0.2) is 54.4 Å². The summed E-state index contributed by atoms with van der Waals surface area (Å²) < 4.78 is 0. The van der Waals surface area contributed by atoms with Crippen LogP contribution >= 0.6 is 0 Å². The Hall–Kier alpha value is -0.810. The second-order valence-corrected chi connectivity index (χ2v) is 6.47. The molecule has 0 aliphatic carbocycles. The van der Waals surface area contributed by atoms with Crippen LogP contribution in [0, 0.1) is 11.8 Å². The summed E-state index contributed by atoms with van der Waals surface area (Å²) in [5.74, 6) is 0.828. The maximum atomic E-state index is 11.9. The average molecular weight is 285 g/mol. The van der Waals surface area contributed by atoms with Crippen molar-refractivity contribution in [3.8, 4) is 0 Å². The number of aliphatic hydroxyl groups is 1. The molecule has 0 aromatic rings. The van der Waals surface area contributed by atoms with Gasteiger partial charge in [-0.05, 0) is 45.1 Å². The normalized spacial score (nSPS) is 24.8. The quantitative estimate of drug-likeness (QED) is 0.691. The molecule has 118 valence electrons. The molecule has 3 N–H and O–H groups in total. The monoisotopic (exact) mass is 285 g/mol. The molecular formula is C15H31N3O2. The van der Waals surface area contributed by atoms with Crippen molar-refractivity contribution in [3.63, 3.8) is 0 Å². The van der Waals surface area contributed by atoms with E-state index in [0.29, 0.717) is 0 Å². The van der Waals surface area contributed by atoms with Gasteiger partial charge in [-0.3, -0.25) is 0 Å². The molecule has 4 atom stereocenters. The van der Waals surface area contributed by atoms with Crippen LogP contribution in [0.2, 0.25) is 0 Å². The number of urea groups is 1. The van der Waals surface area contributed by atoms with Gasteiger partial charge in [-0.1, -0.05) is 13.8 Å². The minimum absolute atomic E-state index is 0.0257. The van der Waals surface area contributed by atoms with Gasteiger partial charge >= 0.3 is 6.03 Å². The summed E-state index contributed by atoms with van der Waals surface area (Å²) in [6.07, 6.45) is 2.57. The number of amides is 2. The lowest BCUT2D eigenvalue weighted by atomic mass is 10.00. The number of rotatable bonds is 6. The zero-order valence-electron chi connectivity index (χ0n) is 13.4. The van der Waals surface area contributed by atoms with Crippen molar-refractivity contribution in [2.45, 2.75) is 52.6 Å². The third kappa shape index (κ3) is 6.09. The fraction of sp³-hybridized carbons (Fsp3) is 0.933. The third-order valence-electron chi connectivity index (χ3n) is 4.15. The standard InChI is InChI=1S/C15H31N3O2/c1-11-6-5-7-18(8-11)9-13(3)16-15(20)17-14(4)12(2)10-19/h11-14,19H,5-10H2,1-4H3,(H2,16,17,20). The fourth-order valence-electron chi connectivity index (χ4n) is 2.66. The van der Waals surface area contributed by atoms with Gasteiger partial charge in [-0.2, -0.15) is 0 Å². The Kier molecular flexibility index (Phi) is 7.30. The maximum absolute atomic E-state index is 11.9. The van der Waals surface area contributed by atoms with Crippen LogP contribution in [0.15, 0.2) is 0 Å². The van der Waals surface area contributed by atoms with E-state index < -0.39 is 0 Å². The number of likely N-dealkylation sites (tertiary alicyclic amines) is 1. The second kappa shape index (κ2) is 8.47. The molecule has 0 aromatic heterocycles. The van der Waals surface area contributed by atoms with Gasteiger partial charge in [0.1, 0.15) is 0 Å². The van der Waals surface area contributed by atoms with E-state index in [1.165, 1.54) is 12.8 Å². The van der Waals surface area contributed by atoms with Gasteiger partial charge in [0.2, 0.25) is 0 Å². The molecule has 4 unspecified atom stereocenters. The molecule has 5 nitrogen and oxygen atoms in total. The SMILES string of the molecule is CC1CCCN(CC(C)NC(=O)NC(C)C(C)CO)C1. The Labute approximate surface area is 123 Å². The van der Waals surface area contributed by atoms with Crippen molar-refractivity contribution in [1.29, 1.82) is 0 Å². The Balaban J connectivity index is 2.27. The number of nitrogens with one attached hydrogen (secondary N) is 2. The summed E-state index contributed by atoms with van der Waals surface area (Å²) >= 11 is 0. The third-order valence-corrected chi connectivity index (χ3v) is 4.15. The Morgan fingerprint density at radius 2 is 2.05 bits per heavy atom. The summed E-state index contributed by atoms with van der Waals surface area (Å²) in [5, 5.41) is 14.9. The summed E-state index contributed by atoms with van der Waals surface area (Å²) in [5.41, 5.74) is 0. The number of hydrogen-bond donors (Lipinski definition) is 3. The Morgan fingerprint density at radius 1 is 1.35 bits per heavy atom. The largest absolute Gasteiger partial charge is 0.396 e. The maximum Gasteiger partial charge on any atom is 0.315 e. The lowest BCUT2D eigenvalue weighted by Gasteiger charge is -2.33. The van der Waals surface area contributed by atoms with Gasteiger partial charge in [0.05, 0.1) is 0 Å². The summed E-state index contributed by atoms with van der Waals surface area (Å²) in [7, 11) is 0. The molecule has 1 rings (SSSR count). The predicted octanol–water partition coefficient (Wildman–Crippen LogP) is 1.42. The average Bonchev–Trinajstić information content (AvgIpc) is 2.37. The van der Waals surface area contributed by atoms with E-state index in [2.05, 4.69) is 22.5 Å². The molecule has 1 aliphatic heterocycles. The van der Waals surface area contributed by atoms with E-state index in [1.807, 2.05) is 20.8 Å². The van der Waals surface area contributed by atoms with E-state index >= 15 is 0 Å². The highest BCUT2D eigenvalue weighted by Gasteiger charge is 2.20. The van der Waals surface area contributed by atoms with Crippen molar-refractivity contribution in [2.24, 2.45) is 11.8 Å². The summed E-state index contributed by atoms with van der Waals surface area (Å²) in [6, 6.07) is -0.0329. The number of hydrogen-bond acceptors (Lipinski definition) is 3. The van der Waals surface area contributed by atoms with E-state index in [4.69, 9.17) is 5.11 Å². The molecule has 1 saturated heterocycles. The first kappa shape index (κ1) is 17.2. The van der Waals surface area contributed by atoms with Crippen molar-refractivity contribution < 1.29 is 9.90 Å². The first-order valence-electron chi connectivity index (χ1n) is 7.82. The Bertz CT molecular complexity index is 299. The van der Waals surface area contributed by atoms with Crippen molar-refractivity contribution in [1.82, 2.24) is 15.5 Å². The molecular weight excluding hydrogens is 254 g/mol. The minimum atomic E-state index is -0.143. The molecule has 20 heavy (non-hydrogen) atoms. The molecule has 1 heterocycles. The van der Waals surface area contributed by atoms with E-state index in [1.54, 1.807) is 0 Å². The second-order valence-electron chi connectivity index (χ2n) is 6.47. The summed E-state index contributed by atoms with van der Waals surface area (Å²) in [6.45, 7) is 11.4. The zero-order chi connectivity index (χ0) is 15.1. The highest BCUT2D eigenvalue weighted by atomic mass is 16.3. The summed E-state index contributed by atoms with van der Waals surface area (Å²) in [4.78, 5) is 14.3. The number of piperidine rings is 1. The number of carbonyl (C=O) groups excluding carboxylic acids is 1. The highest BCUT2D eigenvalue weighted by Crippen LogP contribution is 2.15. The number of nitrogens with zero attached hydrogens (tertiary/aromatic N) is 1.